The molecule has 0 aliphatic carbocycles. The Morgan fingerprint density at radius 2 is 2.29 bits per heavy atom. The normalized spacial score (nSPS) is 10.4. The third-order valence-corrected chi connectivity index (χ3v) is 2.71. The number of rotatable bonds is 3. The Hall–Kier alpha value is -2.22. The third-order valence-electron chi connectivity index (χ3n) is 2.71. The molecule has 2 N–H and O–H groups in total. The number of aromatic nitrogens is 3. The molecule has 2 aromatic heterocycles. The van der Waals surface area contributed by atoms with E-state index in [1.54, 1.807) is 15.3 Å². The van der Waals surface area contributed by atoms with Gasteiger partial charge in [0.15, 0.2) is 5.82 Å². The van der Waals surface area contributed by atoms with Gasteiger partial charge < -0.3 is 5.73 Å². The summed E-state index contributed by atoms with van der Waals surface area (Å²) in [6.07, 6.45) is 3.67. The van der Waals surface area contributed by atoms with Crippen molar-refractivity contribution in [1.82, 2.24) is 14.3 Å². The molecule has 0 fully saturated rings. The van der Waals surface area contributed by atoms with Gasteiger partial charge in [-0.15, -0.1) is 0 Å². The second-order valence-electron chi connectivity index (χ2n) is 3.93. The fourth-order valence-corrected chi connectivity index (χ4v) is 1.95. The van der Waals surface area contributed by atoms with Crippen LogP contribution in [0.1, 0.15) is 24.7 Å². The van der Waals surface area contributed by atoms with Crippen LogP contribution in [-0.2, 0) is 13.5 Å². The van der Waals surface area contributed by atoms with Crippen LogP contribution in [0.15, 0.2) is 18.3 Å². The molecular formula is C12H15N5. The zero-order valence-electron chi connectivity index (χ0n) is 10.0. The van der Waals surface area contributed by atoms with Crippen LogP contribution in [-0.4, -0.2) is 14.3 Å². The van der Waals surface area contributed by atoms with Crippen LogP contribution < -0.4 is 5.73 Å². The van der Waals surface area contributed by atoms with Crippen molar-refractivity contribution in [2.24, 2.45) is 7.05 Å². The molecule has 2 heterocycles. The first-order valence-corrected chi connectivity index (χ1v) is 5.58. The summed E-state index contributed by atoms with van der Waals surface area (Å²) in [5, 5.41) is 13.4. The van der Waals surface area contributed by atoms with Crippen molar-refractivity contribution in [2.75, 3.05) is 5.73 Å². The largest absolute Gasteiger partial charge is 0.394 e. The standard InChI is InChI=1S/C12H15N5/c1-3-5-10-11(14)12(16(2)15-10)17-7-4-6-9(17)8-13/h4,6-7H,3,5,14H2,1-2H3. The molecule has 0 atom stereocenters. The highest BCUT2D eigenvalue weighted by atomic mass is 15.3. The first-order valence-electron chi connectivity index (χ1n) is 5.58. The van der Waals surface area contributed by atoms with E-state index in [1.807, 2.05) is 19.3 Å². The Bertz CT molecular complexity index is 570. The van der Waals surface area contributed by atoms with E-state index in [0.29, 0.717) is 11.4 Å². The van der Waals surface area contributed by atoms with Crippen LogP contribution in [0.2, 0.25) is 0 Å². The molecule has 0 radical (unpaired) electrons. The van der Waals surface area contributed by atoms with Crippen LogP contribution in [0.5, 0.6) is 0 Å². The van der Waals surface area contributed by atoms with E-state index in [2.05, 4.69) is 18.1 Å². The predicted molar refractivity (Wildman–Crippen MR) is 65.7 cm³/mol. The Morgan fingerprint density at radius 3 is 2.94 bits per heavy atom. The molecule has 0 saturated heterocycles. The lowest BCUT2D eigenvalue weighted by molar-refractivity contribution is 0.707. The molecule has 0 aliphatic heterocycles. The van der Waals surface area contributed by atoms with Crippen molar-refractivity contribution in [2.45, 2.75) is 19.8 Å². The summed E-state index contributed by atoms with van der Waals surface area (Å²) in [6.45, 7) is 2.09. The van der Waals surface area contributed by atoms with Gasteiger partial charge in [0.1, 0.15) is 11.8 Å². The van der Waals surface area contributed by atoms with Gasteiger partial charge in [-0.3, -0.25) is 4.57 Å². The Labute approximate surface area is 100 Å². The minimum absolute atomic E-state index is 0.558. The summed E-state index contributed by atoms with van der Waals surface area (Å²) in [5.41, 5.74) is 8.20. The highest BCUT2D eigenvalue weighted by Gasteiger charge is 2.15. The van der Waals surface area contributed by atoms with Gasteiger partial charge in [-0.25, -0.2) is 4.68 Å². The number of nitrogen functional groups attached to an aromatic ring is 1. The summed E-state index contributed by atoms with van der Waals surface area (Å²) < 4.78 is 3.49. The molecule has 0 spiro atoms. The van der Waals surface area contributed by atoms with Crippen molar-refractivity contribution in [3.63, 3.8) is 0 Å². The molecule has 2 aromatic rings. The fraction of sp³-hybridized carbons (Fsp3) is 0.333. The maximum absolute atomic E-state index is 9.02. The first kappa shape index (κ1) is 11.3. The molecule has 88 valence electrons. The average molecular weight is 229 g/mol. The molecule has 5 heteroatoms. The van der Waals surface area contributed by atoms with E-state index < -0.39 is 0 Å². The lowest BCUT2D eigenvalue weighted by Crippen LogP contribution is -2.05. The SMILES string of the molecule is CCCc1nn(C)c(-n2cccc2C#N)c1N. The summed E-state index contributed by atoms with van der Waals surface area (Å²) in [4.78, 5) is 0. The minimum Gasteiger partial charge on any atom is -0.394 e. The summed E-state index contributed by atoms with van der Waals surface area (Å²) in [7, 11) is 1.84. The highest BCUT2D eigenvalue weighted by Crippen LogP contribution is 2.23. The molecule has 17 heavy (non-hydrogen) atoms. The van der Waals surface area contributed by atoms with Crippen molar-refractivity contribution in [1.29, 1.82) is 5.26 Å². The topological polar surface area (TPSA) is 72.6 Å². The lowest BCUT2D eigenvalue weighted by Gasteiger charge is -2.05. The summed E-state index contributed by atoms with van der Waals surface area (Å²) >= 11 is 0. The molecule has 0 saturated carbocycles. The van der Waals surface area contributed by atoms with E-state index in [0.717, 1.165) is 24.4 Å². The maximum Gasteiger partial charge on any atom is 0.159 e. The van der Waals surface area contributed by atoms with E-state index >= 15 is 0 Å². The number of aryl methyl sites for hydroxylation is 2. The van der Waals surface area contributed by atoms with Gasteiger partial charge in [-0.2, -0.15) is 10.4 Å². The van der Waals surface area contributed by atoms with Crippen LogP contribution >= 0.6 is 0 Å². The molecule has 0 unspecified atom stereocenters. The van der Waals surface area contributed by atoms with Gasteiger partial charge in [0.25, 0.3) is 0 Å². The maximum atomic E-state index is 9.02. The quantitative estimate of drug-likeness (QED) is 0.869. The van der Waals surface area contributed by atoms with Crippen molar-refractivity contribution >= 4 is 5.69 Å². The van der Waals surface area contributed by atoms with Crippen molar-refractivity contribution < 1.29 is 0 Å². The van der Waals surface area contributed by atoms with E-state index in [1.165, 1.54) is 0 Å². The summed E-state index contributed by atoms with van der Waals surface area (Å²) in [5.74, 6) is 0.759. The molecule has 0 aromatic carbocycles. The predicted octanol–water partition coefficient (Wildman–Crippen LogP) is 1.62. The summed E-state index contributed by atoms with van der Waals surface area (Å²) in [6, 6.07) is 5.72. The van der Waals surface area contributed by atoms with Gasteiger partial charge in [0.2, 0.25) is 0 Å². The molecule has 2 rings (SSSR count). The smallest absolute Gasteiger partial charge is 0.159 e. The van der Waals surface area contributed by atoms with Gasteiger partial charge in [-0.1, -0.05) is 13.3 Å². The van der Waals surface area contributed by atoms with Gasteiger partial charge in [0.05, 0.1) is 11.4 Å². The zero-order chi connectivity index (χ0) is 12.4. The second-order valence-corrected chi connectivity index (χ2v) is 3.93. The average Bonchev–Trinajstić information content (AvgIpc) is 2.85. The van der Waals surface area contributed by atoms with Crippen LogP contribution in [0, 0.1) is 11.3 Å². The van der Waals surface area contributed by atoms with E-state index in [9.17, 15) is 0 Å². The number of nitrogens with two attached hydrogens (primary N) is 1. The van der Waals surface area contributed by atoms with Crippen LogP contribution in [0.3, 0.4) is 0 Å². The minimum atomic E-state index is 0.558. The fourth-order valence-electron chi connectivity index (χ4n) is 1.95. The van der Waals surface area contributed by atoms with Gasteiger partial charge in [0, 0.05) is 13.2 Å². The van der Waals surface area contributed by atoms with Crippen molar-refractivity contribution in [3.8, 4) is 11.9 Å². The second kappa shape index (κ2) is 4.34. The Balaban J connectivity index is 2.57. The van der Waals surface area contributed by atoms with Crippen LogP contribution in [0.25, 0.3) is 5.82 Å². The van der Waals surface area contributed by atoms with Crippen LogP contribution in [0.4, 0.5) is 5.69 Å². The monoisotopic (exact) mass is 229 g/mol. The third kappa shape index (κ3) is 1.78. The lowest BCUT2D eigenvalue weighted by atomic mass is 10.2. The molecule has 5 nitrogen and oxygen atoms in total. The Morgan fingerprint density at radius 1 is 1.53 bits per heavy atom. The molecule has 0 aliphatic rings. The highest BCUT2D eigenvalue weighted by molar-refractivity contribution is 5.59. The number of anilines is 1. The molecular weight excluding hydrogens is 214 g/mol. The first-order chi connectivity index (χ1) is 8.19. The number of hydrogen-bond donors (Lipinski definition) is 1. The number of nitriles is 1. The molecule has 0 bridgehead atoms. The Kier molecular flexibility index (Phi) is 2.88. The van der Waals surface area contributed by atoms with E-state index in [-0.39, 0.29) is 0 Å². The zero-order valence-corrected chi connectivity index (χ0v) is 10.0. The number of nitrogens with zero attached hydrogens (tertiary/aromatic N) is 4. The van der Waals surface area contributed by atoms with E-state index in [4.69, 9.17) is 11.0 Å². The molecule has 0 amide bonds. The van der Waals surface area contributed by atoms with Gasteiger partial charge in [-0.05, 0) is 18.6 Å². The van der Waals surface area contributed by atoms with Crippen molar-refractivity contribution in [3.05, 3.63) is 29.7 Å². The van der Waals surface area contributed by atoms with Gasteiger partial charge >= 0.3 is 0 Å². The number of hydrogen-bond acceptors (Lipinski definition) is 3.